The average Bonchev–Trinajstić information content (AvgIpc) is 3.32. The quantitative estimate of drug-likeness (QED) is 0.523. The molecule has 1 saturated heterocycles. The molecule has 5 rings (SSSR count). The van der Waals surface area contributed by atoms with Gasteiger partial charge in [0.1, 0.15) is 4.83 Å². The molecule has 176 valence electrons. The van der Waals surface area contributed by atoms with E-state index < -0.39 is 6.61 Å². The van der Waals surface area contributed by atoms with Crippen molar-refractivity contribution in [2.24, 2.45) is 0 Å². The molecule has 1 saturated carbocycles. The summed E-state index contributed by atoms with van der Waals surface area (Å²) in [6.45, 7) is 0.358. The number of amides is 1. The van der Waals surface area contributed by atoms with E-state index in [0.29, 0.717) is 29.0 Å². The first kappa shape index (κ1) is 22.7. The maximum Gasteiger partial charge on any atom is 0.345 e. The highest BCUT2D eigenvalue weighted by molar-refractivity contribution is 7.20. The second-order valence-corrected chi connectivity index (χ2v) is 10.2. The third kappa shape index (κ3) is 4.64. The second kappa shape index (κ2) is 9.29. The van der Waals surface area contributed by atoms with Crippen LogP contribution >= 0.6 is 22.9 Å². The number of aromatic nitrogens is 2. The zero-order chi connectivity index (χ0) is 23.1. The van der Waals surface area contributed by atoms with Crippen LogP contribution < -0.4 is 5.32 Å². The Hall–Kier alpha value is -2.07. The van der Waals surface area contributed by atoms with E-state index in [-0.39, 0.29) is 18.1 Å². The van der Waals surface area contributed by atoms with Gasteiger partial charge in [-0.15, -0.1) is 11.3 Å². The van der Waals surface area contributed by atoms with Gasteiger partial charge in [-0.3, -0.25) is 9.69 Å². The van der Waals surface area contributed by atoms with Crippen molar-refractivity contribution in [3.8, 4) is 5.69 Å². The lowest BCUT2D eigenvalue weighted by Crippen LogP contribution is -2.58. The number of likely N-dealkylation sites (tertiary alicyclic amines) is 1. The number of hydrogen-bond acceptors (Lipinski definition) is 5. The fraction of sp³-hybridized carbons (Fsp3) is 0.478. The molecule has 0 spiro atoms. The third-order valence-electron chi connectivity index (χ3n) is 6.57. The van der Waals surface area contributed by atoms with E-state index in [0.717, 1.165) is 47.3 Å². The van der Waals surface area contributed by atoms with Crippen molar-refractivity contribution in [3.63, 3.8) is 0 Å². The summed E-state index contributed by atoms with van der Waals surface area (Å²) >= 11 is 7.78. The summed E-state index contributed by atoms with van der Waals surface area (Å²) in [4.78, 5) is 16.7. The van der Waals surface area contributed by atoms with Gasteiger partial charge in [0.05, 0.1) is 27.4 Å². The molecule has 0 bridgehead atoms. The maximum absolute atomic E-state index is 13.0. The number of ether oxygens (including phenoxy) is 1. The zero-order valence-electron chi connectivity index (χ0n) is 18.1. The molecule has 1 aromatic carbocycles. The van der Waals surface area contributed by atoms with Gasteiger partial charge in [-0.2, -0.15) is 13.9 Å². The molecule has 1 aliphatic heterocycles. The number of benzene rings is 1. The van der Waals surface area contributed by atoms with Crippen molar-refractivity contribution in [3.05, 3.63) is 45.9 Å². The van der Waals surface area contributed by atoms with Gasteiger partial charge in [0.15, 0.2) is 0 Å². The van der Waals surface area contributed by atoms with E-state index in [1.165, 1.54) is 11.3 Å². The monoisotopic (exact) mass is 494 g/mol. The molecule has 33 heavy (non-hydrogen) atoms. The average molecular weight is 495 g/mol. The van der Waals surface area contributed by atoms with Crippen molar-refractivity contribution in [1.29, 1.82) is 0 Å². The van der Waals surface area contributed by atoms with Crippen LogP contribution in [0.5, 0.6) is 0 Å². The van der Waals surface area contributed by atoms with Crippen LogP contribution in [0.25, 0.3) is 15.9 Å². The largest absolute Gasteiger partial charge is 0.349 e. The fourth-order valence-corrected chi connectivity index (χ4v) is 6.08. The summed E-state index contributed by atoms with van der Waals surface area (Å²) < 4.78 is 30.9. The first-order chi connectivity index (χ1) is 15.9. The van der Waals surface area contributed by atoms with E-state index in [1.54, 1.807) is 4.68 Å². The molecule has 1 N–H and O–H groups in total. The van der Waals surface area contributed by atoms with Crippen LogP contribution in [0.3, 0.4) is 0 Å². The minimum Gasteiger partial charge on any atom is -0.349 e. The lowest BCUT2D eigenvalue weighted by Gasteiger charge is -2.46. The number of thiophene rings is 1. The highest BCUT2D eigenvalue weighted by Crippen LogP contribution is 2.33. The van der Waals surface area contributed by atoms with Gasteiger partial charge in [-0.05, 0) is 50.8 Å². The number of para-hydroxylation sites is 1. The first-order valence-corrected chi connectivity index (χ1v) is 12.3. The second-order valence-electron chi connectivity index (χ2n) is 8.73. The number of fused-ring (bicyclic) bond motifs is 1. The van der Waals surface area contributed by atoms with E-state index in [9.17, 15) is 13.6 Å². The summed E-state index contributed by atoms with van der Waals surface area (Å²) in [7, 11) is 0. The number of carbonyl (C=O) groups is 1. The Morgan fingerprint density at radius 3 is 2.67 bits per heavy atom. The van der Waals surface area contributed by atoms with Crippen LogP contribution in [-0.2, 0) is 4.74 Å². The number of rotatable bonds is 6. The number of nitrogens with one attached hydrogen (secondary N) is 1. The van der Waals surface area contributed by atoms with Crippen LogP contribution in [0.1, 0.15) is 41.0 Å². The molecule has 3 heterocycles. The van der Waals surface area contributed by atoms with Crippen LogP contribution in [0.4, 0.5) is 8.78 Å². The minimum atomic E-state index is -2.70. The van der Waals surface area contributed by atoms with Gasteiger partial charge in [-0.25, -0.2) is 4.68 Å². The van der Waals surface area contributed by atoms with Gasteiger partial charge >= 0.3 is 6.61 Å². The Kier molecular flexibility index (Phi) is 6.39. The summed E-state index contributed by atoms with van der Waals surface area (Å²) in [6.07, 6.45) is 3.29. The molecule has 2 fully saturated rings. The number of aryl methyl sites for hydroxylation is 1. The summed E-state index contributed by atoms with van der Waals surface area (Å²) in [5.41, 5.74) is 1.64. The highest BCUT2D eigenvalue weighted by atomic mass is 35.5. The van der Waals surface area contributed by atoms with Crippen molar-refractivity contribution in [1.82, 2.24) is 20.0 Å². The van der Waals surface area contributed by atoms with E-state index in [4.69, 9.17) is 11.6 Å². The Bertz CT molecular complexity index is 1150. The molecular weight excluding hydrogens is 470 g/mol. The molecule has 1 amide bonds. The number of nitrogens with zero attached hydrogens (tertiary/aromatic N) is 3. The van der Waals surface area contributed by atoms with E-state index in [2.05, 4.69) is 20.1 Å². The van der Waals surface area contributed by atoms with Crippen molar-refractivity contribution in [2.75, 3.05) is 13.1 Å². The maximum atomic E-state index is 13.0. The molecule has 1 aliphatic carbocycles. The zero-order valence-corrected chi connectivity index (χ0v) is 19.7. The first-order valence-electron chi connectivity index (χ1n) is 11.1. The Morgan fingerprint density at radius 2 is 1.97 bits per heavy atom. The van der Waals surface area contributed by atoms with Gasteiger partial charge in [0.25, 0.3) is 5.91 Å². The lowest BCUT2D eigenvalue weighted by molar-refractivity contribution is -0.201. The number of hydrogen-bond donors (Lipinski definition) is 1. The number of alkyl halides is 2. The molecule has 0 unspecified atom stereocenters. The Labute approximate surface area is 199 Å². The van der Waals surface area contributed by atoms with E-state index in [1.807, 2.05) is 37.3 Å². The minimum absolute atomic E-state index is 0.0703. The molecule has 2 aliphatic rings. The predicted molar refractivity (Wildman–Crippen MR) is 125 cm³/mol. The smallest absolute Gasteiger partial charge is 0.345 e. The van der Waals surface area contributed by atoms with Crippen molar-refractivity contribution < 1.29 is 18.3 Å². The molecule has 0 radical (unpaired) electrons. The summed E-state index contributed by atoms with van der Waals surface area (Å²) in [5.74, 6) is -0.0703. The van der Waals surface area contributed by atoms with Crippen LogP contribution in [0, 0.1) is 6.92 Å². The van der Waals surface area contributed by atoms with Crippen LogP contribution in [0.2, 0.25) is 5.02 Å². The molecular formula is C23H25ClF2N4O2S. The number of halogens is 3. The summed E-state index contributed by atoms with van der Waals surface area (Å²) in [6, 6.07) is 9.92. The molecule has 6 nitrogen and oxygen atoms in total. The van der Waals surface area contributed by atoms with Gasteiger partial charge in [0.2, 0.25) is 0 Å². The molecule has 10 heteroatoms. The van der Waals surface area contributed by atoms with Crippen LogP contribution in [0.15, 0.2) is 30.3 Å². The predicted octanol–water partition coefficient (Wildman–Crippen LogP) is 5.01. The molecule has 3 aromatic rings. The molecule has 2 aromatic heterocycles. The molecule has 0 atom stereocenters. The topological polar surface area (TPSA) is 59.4 Å². The Morgan fingerprint density at radius 1 is 1.24 bits per heavy atom. The van der Waals surface area contributed by atoms with E-state index >= 15 is 0 Å². The van der Waals surface area contributed by atoms with Gasteiger partial charge in [-0.1, -0.05) is 23.7 Å². The normalized spacial score (nSPS) is 22.1. The SMILES string of the molecule is Cc1nn(-c2ccccc2Cl)c2sc(C(=O)NC3CCC(N4CC(OC(F)F)C4)CC3)cc12. The van der Waals surface area contributed by atoms with Crippen molar-refractivity contribution in [2.45, 2.75) is 57.4 Å². The number of carbonyl (C=O) groups excluding carboxylic acids is 1. The lowest BCUT2D eigenvalue weighted by atomic mass is 9.88. The van der Waals surface area contributed by atoms with Crippen molar-refractivity contribution >= 4 is 39.1 Å². The summed E-state index contributed by atoms with van der Waals surface area (Å²) in [5, 5.41) is 9.35. The van der Waals surface area contributed by atoms with Crippen LogP contribution in [-0.4, -0.2) is 58.5 Å². The van der Waals surface area contributed by atoms with Gasteiger partial charge < -0.3 is 10.1 Å². The fourth-order valence-electron chi connectivity index (χ4n) is 4.79. The standard InChI is InChI=1S/C23H25ClF2N4O2S/c1-13-17-10-20(33-22(17)30(28-13)19-5-3-2-4-18(19)24)21(31)27-14-6-8-15(9-7-14)29-11-16(12-29)32-23(25)26/h2-5,10,14-16,23H,6-9,11-12H2,1H3,(H,27,31). The van der Waals surface area contributed by atoms with Gasteiger partial charge in [0, 0.05) is 30.6 Å². The highest BCUT2D eigenvalue weighted by Gasteiger charge is 2.36. The Balaban J connectivity index is 1.20. The third-order valence-corrected chi connectivity index (χ3v) is 8.00.